The van der Waals surface area contributed by atoms with Gasteiger partial charge in [0.1, 0.15) is 0 Å². The van der Waals surface area contributed by atoms with Gasteiger partial charge in [0.25, 0.3) is 5.69 Å². The van der Waals surface area contributed by atoms with E-state index in [1.165, 1.54) is 12.1 Å². The fourth-order valence-corrected chi connectivity index (χ4v) is 1.54. The Kier molecular flexibility index (Phi) is 4.07. The molecule has 0 aliphatic heterocycles. The van der Waals surface area contributed by atoms with Crippen molar-refractivity contribution >= 4 is 11.4 Å². The van der Waals surface area contributed by atoms with Gasteiger partial charge in [-0.25, -0.2) is 0 Å². The van der Waals surface area contributed by atoms with Crippen LogP contribution in [0.2, 0.25) is 0 Å². The number of nitrogens with one attached hydrogen (secondary N) is 1. The van der Waals surface area contributed by atoms with Crippen molar-refractivity contribution in [2.75, 3.05) is 11.9 Å². The summed E-state index contributed by atoms with van der Waals surface area (Å²) in [5.41, 5.74) is 6.52. The zero-order chi connectivity index (χ0) is 13.1. The van der Waals surface area contributed by atoms with Gasteiger partial charge >= 0.3 is 0 Å². The summed E-state index contributed by atoms with van der Waals surface area (Å²) >= 11 is 0. The van der Waals surface area contributed by atoms with E-state index in [-0.39, 0.29) is 17.1 Å². The van der Waals surface area contributed by atoms with Crippen LogP contribution in [-0.2, 0) is 0 Å². The van der Waals surface area contributed by atoms with E-state index in [1.54, 1.807) is 12.1 Å². The standard InChI is InChI=1S/C12H19N3O2/c1-12(2,3)11(8-13)14-9-5-4-6-10(7-9)15(16)17/h4-7,11,14H,8,13H2,1-3H3. The number of nitrogens with zero attached hydrogens (tertiary/aromatic N) is 1. The first-order chi connectivity index (χ1) is 7.84. The SMILES string of the molecule is CC(C)(C)C(CN)Nc1cccc([N+](=O)[O-])c1. The van der Waals surface area contributed by atoms with Gasteiger partial charge in [-0.1, -0.05) is 26.8 Å². The van der Waals surface area contributed by atoms with Gasteiger partial charge in [-0.05, 0) is 11.5 Å². The van der Waals surface area contributed by atoms with E-state index in [9.17, 15) is 10.1 Å². The Hall–Kier alpha value is -1.62. The van der Waals surface area contributed by atoms with Crippen LogP contribution >= 0.6 is 0 Å². The van der Waals surface area contributed by atoms with Crippen molar-refractivity contribution in [3.63, 3.8) is 0 Å². The van der Waals surface area contributed by atoms with Crippen molar-refractivity contribution in [2.24, 2.45) is 11.1 Å². The molecule has 0 fully saturated rings. The normalized spacial score (nSPS) is 13.2. The van der Waals surface area contributed by atoms with E-state index in [4.69, 9.17) is 5.73 Å². The van der Waals surface area contributed by atoms with Gasteiger partial charge in [-0.2, -0.15) is 0 Å². The number of rotatable bonds is 4. The van der Waals surface area contributed by atoms with Crippen molar-refractivity contribution in [3.8, 4) is 0 Å². The van der Waals surface area contributed by atoms with Gasteiger partial charge in [0, 0.05) is 30.4 Å². The molecule has 1 aromatic rings. The molecule has 0 saturated carbocycles. The van der Waals surface area contributed by atoms with Crippen LogP contribution in [0, 0.1) is 15.5 Å². The molecule has 1 aromatic carbocycles. The summed E-state index contributed by atoms with van der Waals surface area (Å²) < 4.78 is 0. The van der Waals surface area contributed by atoms with Crippen LogP contribution in [-0.4, -0.2) is 17.5 Å². The second-order valence-corrected chi connectivity index (χ2v) is 5.11. The number of hydrogen-bond acceptors (Lipinski definition) is 4. The molecule has 5 heteroatoms. The number of nitro groups is 1. The van der Waals surface area contributed by atoms with Crippen molar-refractivity contribution in [1.82, 2.24) is 0 Å². The van der Waals surface area contributed by atoms with E-state index in [0.29, 0.717) is 6.54 Å². The summed E-state index contributed by atoms with van der Waals surface area (Å²) in [4.78, 5) is 10.3. The van der Waals surface area contributed by atoms with Crippen LogP contribution in [0.1, 0.15) is 20.8 Å². The van der Waals surface area contributed by atoms with E-state index in [1.807, 2.05) is 0 Å². The van der Waals surface area contributed by atoms with E-state index < -0.39 is 4.92 Å². The maximum atomic E-state index is 10.7. The molecule has 1 unspecified atom stereocenters. The Labute approximate surface area is 101 Å². The molecule has 0 bridgehead atoms. The van der Waals surface area contributed by atoms with Crippen molar-refractivity contribution in [2.45, 2.75) is 26.8 Å². The average molecular weight is 237 g/mol. The molecule has 17 heavy (non-hydrogen) atoms. The summed E-state index contributed by atoms with van der Waals surface area (Å²) in [6, 6.07) is 6.54. The second kappa shape index (κ2) is 5.14. The molecule has 0 spiro atoms. The van der Waals surface area contributed by atoms with Gasteiger partial charge in [0.2, 0.25) is 0 Å². The van der Waals surface area contributed by atoms with Crippen LogP contribution in [0.3, 0.4) is 0 Å². The highest BCUT2D eigenvalue weighted by Gasteiger charge is 2.23. The molecule has 0 saturated heterocycles. The topological polar surface area (TPSA) is 81.2 Å². The monoisotopic (exact) mass is 237 g/mol. The van der Waals surface area contributed by atoms with Crippen molar-refractivity contribution in [1.29, 1.82) is 0 Å². The van der Waals surface area contributed by atoms with Gasteiger partial charge < -0.3 is 11.1 Å². The lowest BCUT2D eigenvalue weighted by Crippen LogP contribution is -2.40. The zero-order valence-corrected chi connectivity index (χ0v) is 10.4. The quantitative estimate of drug-likeness (QED) is 0.622. The average Bonchev–Trinajstić information content (AvgIpc) is 2.24. The largest absolute Gasteiger partial charge is 0.380 e. The molecule has 0 radical (unpaired) electrons. The zero-order valence-electron chi connectivity index (χ0n) is 10.4. The third-order valence-electron chi connectivity index (χ3n) is 2.68. The lowest BCUT2D eigenvalue weighted by molar-refractivity contribution is -0.384. The predicted octanol–water partition coefficient (Wildman–Crippen LogP) is 2.38. The first-order valence-electron chi connectivity index (χ1n) is 5.55. The Morgan fingerprint density at radius 1 is 1.47 bits per heavy atom. The molecule has 0 aliphatic rings. The number of non-ortho nitro benzene ring substituents is 1. The van der Waals surface area contributed by atoms with Crippen LogP contribution < -0.4 is 11.1 Å². The van der Waals surface area contributed by atoms with Gasteiger partial charge in [0.05, 0.1) is 4.92 Å². The van der Waals surface area contributed by atoms with Crippen molar-refractivity contribution in [3.05, 3.63) is 34.4 Å². The van der Waals surface area contributed by atoms with Gasteiger partial charge in [-0.3, -0.25) is 10.1 Å². The summed E-state index contributed by atoms with van der Waals surface area (Å²) in [7, 11) is 0. The van der Waals surface area contributed by atoms with E-state index in [2.05, 4.69) is 26.1 Å². The lowest BCUT2D eigenvalue weighted by Gasteiger charge is -2.31. The number of nitrogens with two attached hydrogens (primary N) is 1. The number of hydrogen-bond donors (Lipinski definition) is 2. The van der Waals surface area contributed by atoms with Crippen LogP contribution in [0.4, 0.5) is 11.4 Å². The van der Waals surface area contributed by atoms with Gasteiger partial charge in [0.15, 0.2) is 0 Å². The summed E-state index contributed by atoms with van der Waals surface area (Å²) in [6.45, 7) is 6.71. The maximum Gasteiger partial charge on any atom is 0.271 e. The van der Waals surface area contributed by atoms with E-state index in [0.717, 1.165) is 5.69 Å². The highest BCUT2D eigenvalue weighted by molar-refractivity contribution is 5.51. The Balaban J connectivity index is 2.87. The van der Waals surface area contributed by atoms with Crippen LogP contribution in [0.15, 0.2) is 24.3 Å². The number of anilines is 1. The molecule has 0 amide bonds. The third-order valence-corrected chi connectivity index (χ3v) is 2.68. The Morgan fingerprint density at radius 2 is 2.12 bits per heavy atom. The smallest absolute Gasteiger partial charge is 0.271 e. The van der Waals surface area contributed by atoms with E-state index >= 15 is 0 Å². The minimum atomic E-state index is -0.403. The summed E-state index contributed by atoms with van der Waals surface area (Å²) in [5.74, 6) is 0. The van der Waals surface area contributed by atoms with Crippen LogP contribution in [0.5, 0.6) is 0 Å². The van der Waals surface area contributed by atoms with Gasteiger partial charge in [-0.15, -0.1) is 0 Å². The molecule has 0 aromatic heterocycles. The lowest BCUT2D eigenvalue weighted by atomic mass is 9.86. The molecule has 1 rings (SSSR count). The number of benzene rings is 1. The first kappa shape index (κ1) is 13.4. The Morgan fingerprint density at radius 3 is 2.59 bits per heavy atom. The predicted molar refractivity (Wildman–Crippen MR) is 69.0 cm³/mol. The molecular formula is C12H19N3O2. The molecular weight excluding hydrogens is 218 g/mol. The molecule has 94 valence electrons. The molecule has 3 N–H and O–H groups in total. The second-order valence-electron chi connectivity index (χ2n) is 5.11. The summed E-state index contributed by atoms with van der Waals surface area (Å²) in [6.07, 6.45) is 0. The van der Waals surface area contributed by atoms with Crippen LogP contribution in [0.25, 0.3) is 0 Å². The fraction of sp³-hybridized carbons (Fsp3) is 0.500. The Bertz CT molecular complexity index is 399. The summed E-state index contributed by atoms with van der Waals surface area (Å²) in [5, 5.41) is 13.9. The fourth-order valence-electron chi connectivity index (χ4n) is 1.54. The third kappa shape index (κ3) is 3.71. The number of nitro benzene ring substituents is 1. The minimum Gasteiger partial charge on any atom is -0.380 e. The first-order valence-corrected chi connectivity index (χ1v) is 5.55. The molecule has 1 atom stereocenters. The molecule has 0 aliphatic carbocycles. The molecule has 5 nitrogen and oxygen atoms in total. The highest BCUT2D eigenvalue weighted by atomic mass is 16.6. The van der Waals surface area contributed by atoms with Crippen molar-refractivity contribution < 1.29 is 4.92 Å². The highest BCUT2D eigenvalue weighted by Crippen LogP contribution is 2.24. The maximum absolute atomic E-state index is 10.7. The minimum absolute atomic E-state index is 0.000624. The molecule has 0 heterocycles.